The summed E-state index contributed by atoms with van der Waals surface area (Å²) in [5, 5.41) is 0. The first-order valence-electron chi connectivity index (χ1n) is 5.88. The predicted molar refractivity (Wildman–Crippen MR) is 61.1 cm³/mol. The highest BCUT2D eigenvalue weighted by Gasteiger charge is 2.30. The third-order valence-corrected chi connectivity index (χ3v) is 3.71. The first-order valence-corrected chi connectivity index (χ1v) is 6.42. The minimum atomic E-state index is 0.351. The fourth-order valence-corrected chi connectivity index (χ4v) is 2.46. The highest BCUT2D eigenvalue weighted by atomic mass is 35.5. The number of rotatable bonds is 3. The van der Waals surface area contributed by atoms with E-state index >= 15 is 0 Å². The number of carbonyl (C=O) groups is 1. The van der Waals surface area contributed by atoms with Gasteiger partial charge in [-0.25, -0.2) is 0 Å². The fourth-order valence-electron chi connectivity index (χ4n) is 2.22. The van der Waals surface area contributed by atoms with Gasteiger partial charge in [-0.1, -0.05) is 6.42 Å². The zero-order valence-electron chi connectivity index (χ0n) is 9.12. The molecule has 0 aromatic heterocycles. The minimum absolute atomic E-state index is 0.351. The predicted octanol–water partition coefficient (Wildman–Crippen LogP) is 1.17. The summed E-state index contributed by atoms with van der Waals surface area (Å²) in [4.78, 5) is 16.3. The summed E-state index contributed by atoms with van der Waals surface area (Å²) >= 11 is 5.69. The van der Waals surface area contributed by atoms with Crippen LogP contribution in [0.25, 0.3) is 0 Å². The summed E-state index contributed by atoms with van der Waals surface area (Å²) in [5.74, 6) is 1.44. The Balaban J connectivity index is 1.74. The average molecular weight is 231 g/mol. The van der Waals surface area contributed by atoms with Gasteiger partial charge >= 0.3 is 0 Å². The molecule has 1 aliphatic heterocycles. The van der Waals surface area contributed by atoms with Gasteiger partial charge in [0.1, 0.15) is 0 Å². The van der Waals surface area contributed by atoms with E-state index < -0.39 is 0 Å². The number of halogens is 1. The number of amides is 1. The number of hydrogen-bond donors (Lipinski definition) is 0. The van der Waals surface area contributed by atoms with E-state index in [1.165, 1.54) is 6.42 Å². The van der Waals surface area contributed by atoms with Crippen LogP contribution in [-0.4, -0.2) is 54.3 Å². The summed E-state index contributed by atoms with van der Waals surface area (Å²) in [6.45, 7) is 4.72. The molecule has 4 heteroatoms. The van der Waals surface area contributed by atoms with Crippen LogP contribution in [-0.2, 0) is 4.79 Å². The van der Waals surface area contributed by atoms with Crippen molar-refractivity contribution >= 4 is 17.5 Å². The van der Waals surface area contributed by atoms with Gasteiger partial charge in [-0.15, -0.1) is 11.6 Å². The Morgan fingerprint density at radius 3 is 2.33 bits per heavy atom. The van der Waals surface area contributed by atoms with E-state index in [1.807, 2.05) is 4.90 Å². The molecular formula is C11H19ClN2O. The van der Waals surface area contributed by atoms with Crippen molar-refractivity contribution in [2.75, 3.05) is 38.6 Å². The van der Waals surface area contributed by atoms with E-state index in [4.69, 9.17) is 11.6 Å². The van der Waals surface area contributed by atoms with Crippen LogP contribution < -0.4 is 0 Å². The lowest BCUT2D eigenvalue weighted by Crippen LogP contribution is -2.51. The highest BCUT2D eigenvalue weighted by Crippen LogP contribution is 2.28. The number of nitrogens with zero attached hydrogens (tertiary/aromatic N) is 2. The van der Waals surface area contributed by atoms with Gasteiger partial charge in [-0.2, -0.15) is 0 Å². The number of carbonyl (C=O) groups excluding carboxylic acids is 1. The molecule has 2 rings (SSSR count). The van der Waals surface area contributed by atoms with E-state index in [0.29, 0.717) is 17.7 Å². The first kappa shape index (κ1) is 11.2. The molecule has 0 bridgehead atoms. The van der Waals surface area contributed by atoms with Crippen LogP contribution in [0.3, 0.4) is 0 Å². The number of piperazine rings is 1. The summed E-state index contributed by atoms with van der Waals surface area (Å²) in [6.07, 6.45) is 3.46. The van der Waals surface area contributed by atoms with Gasteiger partial charge in [0.25, 0.3) is 0 Å². The molecule has 1 aliphatic carbocycles. The molecule has 0 spiro atoms. The molecule has 1 heterocycles. The molecule has 0 unspecified atom stereocenters. The van der Waals surface area contributed by atoms with E-state index in [-0.39, 0.29) is 0 Å². The third-order valence-electron chi connectivity index (χ3n) is 3.54. The second-order valence-electron chi connectivity index (χ2n) is 4.48. The molecule has 2 fully saturated rings. The summed E-state index contributed by atoms with van der Waals surface area (Å²) in [6, 6.07) is 0. The number of alkyl halides is 1. The van der Waals surface area contributed by atoms with E-state index in [0.717, 1.165) is 45.6 Å². The van der Waals surface area contributed by atoms with Gasteiger partial charge in [-0.3, -0.25) is 9.69 Å². The summed E-state index contributed by atoms with van der Waals surface area (Å²) < 4.78 is 0. The Labute approximate surface area is 96.4 Å². The van der Waals surface area contributed by atoms with Crippen molar-refractivity contribution in [2.45, 2.75) is 19.3 Å². The van der Waals surface area contributed by atoms with Crippen molar-refractivity contribution in [1.82, 2.24) is 9.80 Å². The topological polar surface area (TPSA) is 23.6 Å². The summed E-state index contributed by atoms with van der Waals surface area (Å²) in [7, 11) is 0. The fraction of sp³-hybridized carbons (Fsp3) is 0.909. The first-order chi connectivity index (χ1) is 7.31. The Kier molecular flexibility index (Phi) is 3.87. The Morgan fingerprint density at radius 2 is 1.87 bits per heavy atom. The molecule has 1 amide bonds. The van der Waals surface area contributed by atoms with Crippen LogP contribution in [0, 0.1) is 5.92 Å². The lowest BCUT2D eigenvalue weighted by atomic mass is 9.84. The van der Waals surface area contributed by atoms with Crippen LogP contribution in [0.4, 0.5) is 0 Å². The molecule has 0 radical (unpaired) electrons. The molecular weight excluding hydrogens is 212 g/mol. The van der Waals surface area contributed by atoms with Crippen LogP contribution >= 0.6 is 11.6 Å². The van der Waals surface area contributed by atoms with Crippen molar-refractivity contribution in [1.29, 1.82) is 0 Å². The molecule has 1 saturated carbocycles. The zero-order chi connectivity index (χ0) is 10.7. The van der Waals surface area contributed by atoms with Gasteiger partial charge in [-0.05, 0) is 12.8 Å². The van der Waals surface area contributed by atoms with Gasteiger partial charge in [0.2, 0.25) is 5.91 Å². The molecule has 1 saturated heterocycles. The lowest BCUT2D eigenvalue weighted by molar-refractivity contribution is -0.139. The van der Waals surface area contributed by atoms with Crippen LogP contribution in [0.5, 0.6) is 0 Å². The quantitative estimate of drug-likeness (QED) is 0.680. The second-order valence-corrected chi connectivity index (χ2v) is 4.86. The molecule has 3 nitrogen and oxygen atoms in total. The normalized spacial score (nSPS) is 23.9. The molecule has 0 aromatic rings. The highest BCUT2D eigenvalue weighted by molar-refractivity contribution is 6.18. The SMILES string of the molecule is O=C(C1CCC1)N1CCN(CCCl)CC1. The van der Waals surface area contributed by atoms with Crippen molar-refractivity contribution in [3.05, 3.63) is 0 Å². The van der Waals surface area contributed by atoms with Crippen molar-refractivity contribution < 1.29 is 4.79 Å². The summed E-state index contributed by atoms with van der Waals surface area (Å²) in [5.41, 5.74) is 0. The molecule has 86 valence electrons. The van der Waals surface area contributed by atoms with Gasteiger partial charge in [0.05, 0.1) is 0 Å². The van der Waals surface area contributed by atoms with Gasteiger partial charge in [0.15, 0.2) is 0 Å². The smallest absolute Gasteiger partial charge is 0.225 e. The zero-order valence-corrected chi connectivity index (χ0v) is 9.88. The van der Waals surface area contributed by atoms with E-state index in [9.17, 15) is 4.79 Å². The second kappa shape index (κ2) is 5.17. The van der Waals surface area contributed by atoms with Gasteiger partial charge < -0.3 is 4.90 Å². The molecule has 0 aromatic carbocycles. The molecule has 15 heavy (non-hydrogen) atoms. The van der Waals surface area contributed by atoms with E-state index in [2.05, 4.69) is 4.90 Å². The maximum Gasteiger partial charge on any atom is 0.225 e. The maximum atomic E-state index is 11.9. The van der Waals surface area contributed by atoms with Crippen molar-refractivity contribution in [3.63, 3.8) is 0 Å². The maximum absolute atomic E-state index is 11.9. The molecule has 0 N–H and O–H groups in total. The van der Waals surface area contributed by atoms with Crippen LogP contribution in [0.1, 0.15) is 19.3 Å². The standard InChI is InChI=1S/C11H19ClN2O/c12-4-5-13-6-8-14(9-7-13)11(15)10-2-1-3-10/h10H,1-9H2. The van der Waals surface area contributed by atoms with E-state index in [1.54, 1.807) is 0 Å². The third kappa shape index (κ3) is 2.64. The van der Waals surface area contributed by atoms with Crippen LogP contribution in [0.15, 0.2) is 0 Å². The average Bonchev–Trinajstić information content (AvgIpc) is 2.16. The Morgan fingerprint density at radius 1 is 1.20 bits per heavy atom. The Hall–Kier alpha value is -0.280. The number of hydrogen-bond acceptors (Lipinski definition) is 2. The van der Waals surface area contributed by atoms with Crippen LogP contribution in [0.2, 0.25) is 0 Å². The van der Waals surface area contributed by atoms with Gasteiger partial charge in [0, 0.05) is 44.5 Å². The molecule has 0 atom stereocenters. The Bertz CT molecular complexity index is 223. The molecule has 2 aliphatic rings. The minimum Gasteiger partial charge on any atom is -0.340 e. The lowest BCUT2D eigenvalue weighted by Gasteiger charge is -2.38. The largest absolute Gasteiger partial charge is 0.340 e. The monoisotopic (exact) mass is 230 g/mol. The van der Waals surface area contributed by atoms with Crippen molar-refractivity contribution in [2.24, 2.45) is 5.92 Å². The van der Waals surface area contributed by atoms with Crippen molar-refractivity contribution in [3.8, 4) is 0 Å².